The molecule has 2 aromatic carbocycles. The van der Waals surface area contributed by atoms with Gasteiger partial charge in [0.05, 0.1) is 32.7 Å². The highest BCUT2D eigenvalue weighted by molar-refractivity contribution is 5.88. The van der Waals surface area contributed by atoms with Crippen LogP contribution in [-0.4, -0.2) is 47.3 Å². The Bertz CT molecular complexity index is 1400. The Labute approximate surface area is 208 Å². The van der Waals surface area contributed by atoms with Gasteiger partial charge in [0.2, 0.25) is 11.6 Å². The van der Waals surface area contributed by atoms with Crippen molar-refractivity contribution in [2.24, 2.45) is 0 Å². The summed E-state index contributed by atoms with van der Waals surface area (Å²) in [5.74, 6) is 1.65. The average molecular weight is 493 g/mol. The van der Waals surface area contributed by atoms with Crippen molar-refractivity contribution in [3.8, 4) is 34.4 Å². The van der Waals surface area contributed by atoms with Gasteiger partial charge in [0, 0.05) is 5.56 Å². The normalized spacial score (nSPS) is 10.9. The van der Waals surface area contributed by atoms with Gasteiger partial charge < -0.3 is 23.4 Å². The SMILES string of the molecule is COc1cc(-c2nc(COC(=O)c3nnn(-c4ccc(C)c(C)c4)c3C)c(C)o2)cc(OC)c1OC. The summed E-state index contributed by atoms with van der Waals surface area (Å²) >= 11 is 0. The van der Waals surface area contributed by atoms with Crippen molar-refractivity contribution in [3.63, 3.8) is 0 Å². The number of hydrogen-bond acceptors (Lipinski definition) is 9. The molecule has 0 bridgehead atoms. The molecule has 0 spiro atoms. The number of aryl methyl sites for hydroxylation is 3. The maximum Gasteiger partial charge on any atom is 0.361 e. The molecule has 0 fully saturated rings. The number of aromatic nitrogens is 4. The molecule has 2 heterocycles. The van der Waals surface area contributed by atoms with E-state index in [0.29, 0.717) is 45.9 Å². The number of carbonyl (C=O) groups excluding carboxylic acids is 1. The molecular formula is C26H28N4O6. The third kappa shape index (κ3) is 4.61. The van der Waals surface area contributed by atoms with Crippen molar-refractivity contribution in [2.75, 3.05) is 21.3 Å². The highest BCUT2D eigenvalue weighted by Gasteiger charge is 2.22. The van der Waals surface area contributed by atoms with E-state index < -0.39 is 5.97 Å². The molecular weight excluding hydrogens is 464 g/mol. The Hall–Kier alpha value is -4.34. The molecule has 10 heteroatoms. The van der Waals surface area contributed by atoms with Gasteiger partial charge in [0.15, 0.2) is 17.2 Å². The minimum absolute atomic E-state index is 0.0888. The highest BCUT2D eigenvalue weighted by Crippen LogP contribution is 2.41. The Kier molecular flexibility index (Phi) is 6.96. The maximum absolute atomic E-state index is 12.8. The monoisotopic (exact) mass is 492 g/mol. The quantitative estimate of drug-likeness (QED) is 0.327. The molecule has 0 N–H and O–H groups in total. The lowest BCUT2D eigenvalue weighted by Gasteiger charge is -2.12. The molecule has 4 aromatic rings. The van der Waals surface area contributed by atoms with Crippen LogP contribution in [0.3, 0.4) is 0 Å². The van der Waals surface area contributed by atoms with Gasteiger partial charge in [-0.15, -0.1) is 5.10 Å². The second kappa shape index (κ2) is 10.1. The van der Waals surface area contributed by atoms with Crippen molar-refractivity contribution in [1.82, 2.24) is 20.0 Å². The van der Waals surface area contributed by atoms with Crippen LogP contribution in [0, 0.1) is 27.7 Å². The zero-order chi connectivity index (χ0) is 26.0. The van der Waals surface area contributed by atoms with Crippen molar-refractivity contribution in [1.29, 1.82) is 0 Å². The summed E-state index contributed by atoms with van der Waals surface area (Å²) in [6, 6.07) is 9.40. The summed E-state index contributed by atoms with van der Waals surface area (Å²) in [5, 5.41) is 8.18. The zero-order valence-electron chi connectivity index (χ0n) is 21.3. The second-order valence-corrected chi connectivity index (χ2v) is 8.22. The molecule has 0 aliphatic rings. The van der Waals surface area contributed by atoms with E-state index in [4.69, 9.17) is 23.4 Å². The minimum Gasteiger partial charge on any atom is -0.493 e. The maximum atomic E-state index is 12.8. The smallest absolute Gasteiger partial charge is 0.361 e. The van der Waals surface area contributed by atoms with Crippen LogP contribution < -0.4 is 14.2 Å². The molecule has 0 atom stereocenters. The standard InChI is InChI=1S/C26H28N4O6/c1-14-8-9-19(10-15(14)2)30-16(3)23(28-29-30)26(31)35-13-20-17(4)36-25(27-20)18-11-21(32-5)24(34-7)22(12-18)33-6/h8-12H,13H2,1-7H3. The lowest BCUT2D eigenvalue weighted by molar-refractivity contribution is 0.0459. The van der Waals surface area contributed by atoms with Crippen LogP contribution in [-0.2, 0) is 11.3 Å². The fourth-order valence-electron chi connectivity index (χ4n) is 3.71. The second-order valence-electron chi connectivity index (χ2n) is 8.22. The topological polar surface area (TPSA) is 111 Å². The fourth-order valence-corrected chi connectivity index (χ4v) is 3.71. The lowest BCUT2D eigenvalue weighted by atomic mass is 10.1. The van der Waals surface area contributed by atoms with E-state index in [2.05, 4.69) is 15.3 Å². The van der Waals surface area contributed by atoms with Gasteiger partial charge in [0.1, 0.15) is 18.1 Å². The molecule has 0 aliphatic carbocycles. The minimum atomic E-state index is -0.598. The third-order valence-electron chi connectivity index (χ3n) is 5.97. The average Bonchev–Trinajstić information content (AvgIpc) is 3.45. The van der Waals surface area contributed by atoms with Gasteiger partial charge in [-0.3, -0.25) is 0 Å². The van der Waals surface area contributed by atoms with Gasteiger partial charge in [-0.05, 0) is 63.1 Å². The molecule has 0 aliphatic heterocycles. The molecule has 0 amide bonds. The first kappa shape index (κ1) is 24.8. The molecule has 0 saturated heterocycles. The number of esters is 1. The van der Waals surface area contributed by atoms with Crippen molar-refractivity contribution < 1.29 is 28.2 Å². The number of benzene rings is 2. The van der Waals surface area contributed by atoms with Crippen LogP contribution in [0.5, 0.6) is 17.2 Å². The summed E-state index contributed by atoms with van der Waals surface area (Å²) < 4.78 is 29.1. The first-order valence-corrected chi connectivity index (χ1v) is 11.2. The molecule has 188 valence electrons. The third-order valence-corrected chi connectivity index (χ3v) is 5.97. The Morgan fingerprint density at radius 1 is 0.944 bits per heavy atom. The van der Waals surface area contributed by atoms with E-state index in [-0.39, 0.29) is 12.3 Å². The van der Waals surface area contributed by atoms with Crippen molar-refractivity contribution >= 4 is 5.97 Å². The van der Waals surface area contributed by atoms with E-state index >= 15 is 0 Å². The summed E-state index contributed by atoms with van der Waals surface area (Å²) in [6.45, 7) is 7.49. The van der Waals surface area contributed by atoms with Crippen molar-refractivity contribution in [2.45, 2.75) is 34.3 Å². The van der Waals surface area contributed by atoms with Gasteiger partial charge in [-0.1, -0.05) is 11.3 Å². The Morgan fingerprint density at radius 2 is 1.64 bits per heavy atom. The number of ether oxygens (including phenoxy) is 4. The predicted molar refractivity (Wildman–Crippen MR) is 131 cm³/mol. The van der Waals surface area contributed by atoms with Gasteiger partial charge in [0.25, 0.3) is 0 Å². The Morgan fingerprint density at radius 3 is 2.25 bits per heavy atom. The zero-order valence-corrected chi connectivity index (χ0v) is 21.3. The van der Waals surface area contributed by atoms with Crippen LogP contribution >= 0.6 is 0 Å². The Balaban J connectivity index is 1.53. The van der Waals surface area contributed by atoms with Crippen LogP contribution in [0.1, 0.15) is 38.8 Å². The molecule has 36 heavy (non-hydrogen) atoms. The van der Waals surface area contributed by atoms with E-state index in [1.807, 2.05) is 32.0 Å². The van der Waals surface area contributed by atoms with E-state index in [9.17, 15) is 4.79 Å². The van der Waals surface area contributed by atoms with Gasteiger partial charge in [-0.25, -0.2) is 14.5 Å². The molecule has 0 unspecified atom stereocenters. The number of oxazole rings is 1. The largest absolute Gasteiger partial charge is 0.493 e. The van der Waals surface area contributed by atoms with Crippen LogP contribution in [0.2, 0.25) is 0 Å². The molecule has 4 rings (SSSR count). The number of methoxy groups -OCH3 is 3. The number of rotatable bonds is 8. The highest BCUT2D eigenvalue weighted by atomic mass is 16.5. The number of hydrogen-bond donors (Lipinski definition) is 0. The lowest BCUT2D eigenvalue weighted by Crippen LogP contribution is -2.09. The molecule has 2 aromatic heterocycles. The van der Waals surface area contributed by atoms with Crippen LogP contribution in [0.25, 0.3) is 17.1 Å². The first-order valence-electron chi connectivity index (χ1n) is 11.2. The van der Waals surface area contributed by atoms with E-state index in [1.165, 1.54) is 26.9 Å². The van der Waals surface area contributed by atoms with E-state index in [0.717, 1.165) is 11.3 Å². The molecule has 10 nitrogen and oxygen atoms in total. The summed E-state index contributed by atoms with van der Waals surface area (Å²) in [5.41, 5.74) is 4.94. The number of carbonyl (C=O) groups is 1. The molecule has 0 saturated carbocycles. The first-order chi connectivity index (χ1) is 17.3. The van der Waals surface area contributed by atoms with E-state index in [1.54, 1.807) is 30.7 Å². The van der Waals surface area contributed by atoms with Crippen molar-refractivity contribution in [3.05, 3.63) is 64.3 Å². The number of nitrogens with zero attached hydrogens (tertiary/aromatic N) is 4. The van der Waals surface area contributed by atoms with Crippen LogP contribution in [0.4, 0.5) is 0 Å². The summed E-state index contributed by atoms with van der Waals surface area (Å²) in [4.78, 5) is 17.3. The van der Waals surface area contributed by atoms with Gasteiger partial charge >= 0.3 is 5.97 Å². The van der Waals surface area contributed by atoms with Crippen LogP contribution in [0.15, 0.2) is 34.7 Å². The summed E-state index contributed by atoms with van der Waals surface area (Å²) in [6.07, 6.45) is 0. The predicted octanol–water partition coefficient (Wildman–Crippen LogP) is 4.54. The fraction of sp³-hybridized carbons (Fsp3) is 0.308. The molecule has 0 radical (unpaired) electrons. The van der Waals surface area contributed by atoms with Gasteiger partial charge in [-0.2, -0.15) is 0 Å². The summed E-state index contributed by atoms with van der Waals surface area (Å²) in [7, 11) is 4.60.